The lowest BCUT2D eigenvalue weighted by molar-refractivity contribution is -0.137. The van der Waals surface area contributed by atoms with Gasteiger partial charge in [-0.3, -0.25) is 0 Å². The van der Waals surface area contributed by atoms with Gasteiger partial charge in [-0.2, -0.15) is 13.2 Å². The summed E-state index contributed by atoms with van der Waals surface area (Å²) in [5.74, 6) is 0. The first-order valence-corrected chi connectivity index (χ1v) is 6.83. The van der Waals surface area contributed by atoms with Gasteiger partial charge in [0.1, 0.15) is 16.1 Å². The molecule has 1 atom stereocenters. The average molecular weight is 312 g/mol. The molecule has 0 fully saturated rings. The van der Waals surface area contributed by atoms with Crippen molar-refractivity contribution in [3.8, 4) is 0 Å². The zero-order valence-corrected chi connectivity index (χ0v) is 12.2. The molecular formula is C12H13ClF3NOS. The van der Waals surface area contributed by atoms with Gasteiger partial charge in [0.25, 0.3) is 0 Å². The zero-order valence-electron chi connectivity index (χ0n) is 10.6. The van der Waals surface area contributed by atoms with Crippen LogP contribution in [-0.2, 0) is 17.5 Å². The van der Waals surface area contributed by atoms with Crippen molar-refractivity contribution in [1.82, 2.24) is 0 Å². The third-order valence-corrected chi connectivity index (χ3v) is 3.71. The molecule has 0 aliphatic rings. The Kier molecular flexibility index (Phi) is 4.92. The van der Waals surface area contributed by atoms with Gasteiger partial charge in [0.2, 0.25) is 0 Å². The van der Waals surface area contributed by atoms with E-state index in [1.54, 1.807) is 20.8 Å². The van der Waals surface area contributed by atoms with Gasteiger partial charge in [0, 0.05) is 10.6 Å². The van der Waals surface area contributed by atoms with E-state index < -0.39 is 27.8 Å². The molecule has 0 spiro atoms. The molecule has 19 heavy (non-hydrogen) atoms. The number of alkyl halides is 3. The first-order chi connectivity index (χ1) is 8.51. The number of nitrogens with zero attached hydrogens (tertiary/aromatic N) is 1. The van der Waals surface area contributed by atoms with Crippen molar-refractivity contribution in [2.24, 2.45) is 4.40 Å². The summed E-state index contributed by atoms with van der Waals surface area (Å²) in [5, 5.41) is -0.0126. The second-order valence-electron chi connectivity index (χ2n) is 4.83. The molecule has 0 aliphatic heterocycles. The molecule has 0 N–H and O–H groups in total. The van der Waals surface area contributed by atoms with E-state index >= 15 is 0 Å². The summed E-state index contributed by atoms with van der Waals surface area (Å²) in [4.78, 5) is 0. The lowest BCUT2D eigenvalue weighted by atomic mass is 10.1. The van der Waals surface area contributed by atoms with Crippen LogP contribution in [0.5, 0.6) is 0 Å². The number of halogens is 4. The molecule has 1 aromatic rings. The van der Waals surface area contributed by atoms with Crippen LogP contribution in [0.4, 0.5) is 13.2 Å². The van der Waals surface area contributed by atoms with Gasteiger partial charge in [0.15, 0.2) is 0 Å². The minimum absolute atomic E-state index is 0.0126. The van der Waals surface area contributed by atoms with E-state index in [0.29, 0.717) is 0 Å². The van der Waals surface area contributed by atoms with E-state index in [2.05, 4.69) is 4.40 Å². The van der Waals surface area contributed by atoms with Crippen LogP contribution in [0, 0.1) is 0 Å². The summed E-state index contributed by atoms with van der Waals surface area (Å²) in [7, 11) is 0. The molecule has 1 rings (SSSR count). The summed E-state index contributed by atoms with van der Waals surface area (Å²) in [6, 6.07) is 3.36. The van der Waals surface area contributed by atoms with Crippen molar-refractivity contribution in [3.63, 3.8) is 0 Å². The van der Waals surface area contributed by atoms with Crippen LogP contribution in [0.2, 0.25) is 5.02 Å². The summed E-state index contributed by atoms with van der Waals surface area (Å²) in [6.45, 7) is 5.06. The summed E-state index contributed by atoms with van der Waals surface area (Å²) in [5.41, 5.74) is -1.05. The first kappa shape index (κ1) is 16.3. The summed E-state index contributed by atoms with van der Waals surface area (Å²) >= 11 is 3.94. The van der Waals surface area contributed by atoms with Gasteiger partial charge < -0.3 is 4.55 Å². The quantitative estimate of drug-likeness (QED) is 0.594. The Morgan fingerprint density at radius 3 is 2.32 bits per heavy atom. The van der Waals surface area contributed by atoms with Crippen LogP contribution in [0.3, 0.4) is 0 Å². The summed E-state index contributed by atoms with van der Waals surface area (Å²) in [6.07, 6.45) is -3.56. The van der Waals surface area contributed by atoms with E-state index in [-0.39, 0.29) is 10.6 Å². The fourth-order valence-corrected chi connectivity index (χ4v) is 1.85. The Hall–Kier alpha value is -0.720. The van der Waals surface area contributed by atoms with Crippen molar-refractivity contribution in [3.05, 3.63) is 34.3 Å². The lowest BCUT2D eigenvalue weighted by Gasteiger charge is -2.18. The van der Waals surface area contributed by atoms with Gasteiger partial charge >= 0.3 is 6.18 Å². The summed E-state index contributed by atoms with van der Waals surface area (Å²) < 4.78 is 53.1. The first-order valence-electron chi connectivity index (χ1n) is 5.34. The number of hydrogen-bond acceptors (Lipinski definition) is 2. The van der Waals surface area contributed by atoms with E-state index in [4.69, 9.17) is 11.6 Å². The van der Waals surface area contributed by atoms with Crippen molar-refractivity contribution < 1.29 is 17.7 Å². The minimum atomic E-state index is -4.53. The molecule has 0 heterocycles. The van der Waals surface area contributed by atoms with Crippen LogP contribution in [0.15, 0.2) is 22.6 Å². The van der Waals surface area contributed by atoms with Gasteiger partial charge in [-0.25, -0.2) is 0 Å². The normalized spacial score (nSPS) is 14.9. The maximum absolute atomic E-state index is 12.8. The monoisotopic (exact) mass is 311 g/mol. The molecule has 0 aliphatic carbocycles. The second kappa shape index (κ2) is 5.73. The third kappa shape index (κ3) is 4.71. The number of benzene rings is 1. The Morgan fingerprint density at radius 1 is 1.26 bits per heavy atom. The molecular weight excluding hydrogens is 299 g/mol. The van der Waals surface area contributed by atoms with Crippen LogP contribution in [0.25, 0.3) is 0 Å². The SMILES string of the molecule is CC(C)(C)[S+]([O-])/N=C\c1ccc(Cl)cc1C(F)(F)F. The predicted octanol–water partition coefficient (Wildman–Crippen LogP) is 4.24. The smallest absolute Gasteiger partial charge is 0.417 e. The maximum atomic E-state index is 12.8. The highest BCUT2D eigenvalue weighted by Crippen LogP contribution is 2.33. The minimum Gasteiger partial charge on any atom is -0.591 e. The van der Waals surface area contributed by atoms with Crippen LogP contribution >= 0.6 is 11.6 Å². The lowest BCUT2D eigenvalue weighted by Crippen LogP contribution is -2.26. The third-order valence-electron chi connectivity index (χ3n) is 2.13. The van der Waals surface area contributed by atoms with Gasteiger partial charge in [-0.15, -0.1) is 0 Å². The van der Waals surface area contributed by atoms with E-state index in [1.165, 1.54) is 12.1 Å². The van der Waals surface area contributed by atoms with Crippen LogP contribution < -0.4 is 0 Å². The molecule has 0 radical (unpaired) electrons. The molecule has 106 valence electrons. The Bertz CT molecular complexity index is 483. The molecule has 0 aromatic heterocycles. The van der Waals surface area contributed by atoms with Crippen molar-refractivity contribution >= 4 is 29.2 Å². The van der Waals surface area contributed by atoms with Gasteiger partial charge in [0.05, 0.1) is 11.8 Å². The number of rotatable bonds is 2. The molecule has 0 bridgehead atoms. The highest BCUT2D eigenvalue weighted by Gasteiger charge is 2.33. The highest BCUT2D eigenvalue weighted by molar-refractivity contribution is 7.91. The fourth-order valence-electron chi connectivity index (χ4n) is 1.15. The van der Waals surface area contributed by atoms with Crippen molar-refractivity contribution in [1.29, 1.82) is 0 Å². The van der Waals surface area contributed by atoms with Crippen LogP contribution in [-0.4, -0.2) is 15.5 Å². The second-order valence-corrected chi connectivity index (χ2v) is 7.20. The van der Waals surface area contributed by atoms with Gasteiger partial charge in [-0.1, -0.05) is 22.1 Å². The molecule has 1 unspecified atom stereocenters. The van der Waals surface area contributed by atoms with Gasteiger partial charge in [-0.05, 0) is 32.9 Å². The topological polar surface area (TPSA) is 35.4 Å². The molecule has 0 saturated heterocycles. The molecule has 2 nitrogen and oxygen atoms in total. The van der Waals surface area contributed by atoms with Crippen LogP contribution in [0.1, 0.15) is 31.9 Å². The molecule has 0 amide bonds. The van der Waals surface area contributed by atoms with E-state index in [9.17, 15) is 17.7 Å². The number of hydrogen-bond donors (Lipinski definition) is 0. The largest absolute Gasteiger partial charge is 0.591 e. The Labute approximate surface area is 118 Å². The highest BCUT2D eigenvalue weighted by atomic mass is 35.5. The molecule has 1 aromatic carbocycles. The standard InChI is InChI=1S/C12H13ClF3NOS/c1-11(2,3)19(18)17-7-8-4-5-9(13)6-10(8)12(14,15)16/h4-7H,1-3H3/b17-7-. The average Bonchev–Trinajstić information content (AvgIpc) is 2.24. The van der Waals surface area contributed by atoms with E-state index in [1.807, 2.05) is 0 Å². The maximum Gasteiger partial charge on any atom is 0.417 e. The fraction of sp³-hybridized carbons (Fsp3) is 0.417. The molecule has 0 saturated carbocycles. The van der Waals surface area contributed by atoms with Crippen molar-refractivity contribution in [2.45, 2.75) is 31.7 Å². The Morgan fingerprint density at radius 2 is 1.84 bits per heavy atom. The Balaban J connectivity index is 3.12. The molecule has 7 heteroatoms. The zero-order chi connectivity index (χ0) is 14.8. The van der Waals surface area contributed by atoms with E-state index in [0.717, 1.165) is 12.3 Å². The predicted molar refractivity (Wildman–Crippen MR) is 71.9 cm³/mol. The van der Waals surface area contributed by atoms with Crippen molar-refractivity contribution in [2.75, 3.05) is 0 Å².